The molecular formula is C11H15BrClN3. The molecule has 1 aliphatic heterocycles. The Morgan fingerprint density at radius 3 is 3.19 bits per heavy atom. The van der Waals surface area contributed by atoms with Gasteiger partial charge in [-0.3, -0.25) is 0 Å². The molecule has 1 atom stereocenters. The first-order chi connectivity index (χ1) is 7.83. The van der Waals surface area contributed by atoms with Crippen LogP contribution in [0.1, 0.15) is 25.7 Å². The van der Waals surface area contributed by atoms with E-state index in [4.69, 9.17) is 11.6 Å². The third-order valence-corrected chi connectivity index (χ3v) is 3.80. The van der Waals surface area contributed by atoms with Gasteiger partial charge in [0.2, 0.25) is 0 Å². The molecule has 1 aliphatic rings. The Balaban J connectivity index is 2.10. The molecule has 0 amide bonds. The second-order valence-electron chi connectivity index (χ2n) is 4.01. The zero-order valence-electron chi connectivity index (χ0n) is 9.07. The summed E-state index contributed by atoms with van der Waals surface area (Å²) in [6.07, 6.45) is 8.12. The van der Waals surface area contributed by atoms with E-state index in [1.54, 1.807) is 12.5 Å². The molecule has 16 heavy (non-hydrogen) atoms. The summed E-state index contributed by atoms with van der Waals surface area (Å²) < 4.78 is 0.979. The highest BCUT2D eigenvalue weighted by Gasteiger charge is 2.26. The van der Waals surface area contributed by atoms with Crippen molar-refractivity contribution in [2.24, 2.45) is 0 Å². The molecule has 0 bridgehead atoms. The van der Waals surface area contributed by atoms with Crippen LogP contribution in [0.3, 0.4) is 0 Å². The third kappa shape index (κ3) is 2.66. The highest BCUT2D eigenvalue weighted by molar-refractivity contribution is 9.10. The monoisotopic (exact) mass is 303 g/mol. The van der Waals surface area contributed by atoms with Gasteiger partial charge in [0.05, 0.1) is 4.47 Å². The molecule has 1 saturated heterocycles. The molecule has 1 fully saturated rings. The molecule has 0 radical (unpaired) electrons. The Hall–Kier alpha value is -0.350. The summed E-state index contributed by atoms with van der Waals surface area (Å²) in [6.45, 7) is 1.09. The summed E-state index contributed by atoms with van der Waals surface area (Å²) in [6, 6.07) is 0.588. The van der Waals surface area contributed by atoms with E-state index < -0.39 is 0 Å². The van der Waals surface area contributed by atoms with E-state index in [0.717, 1.165) is 35.6 Å². The largest absolute Gasteiger partial charge is 0.353 e. The zero-order valence-corrected chi connectivity index (χ0v) is 11.4. The number of hydrogen-bond donors (Lipinski definition) is 0. The molecule has 1 aromatic heterocycles. The molecule has 0 saturated carbocycles. The second kappa shape index (κ2) is 5.82. The maximum Gasteiger partial charge on any atom is 0.146 e. The predicted molar refractivity (Wildman–Crippen MR) is 70.1 cm³/mol. The summed E-state index contributed by atoms with van der Waals surface area (Å²) >= 11 is 9.26. The first-order valence-electron chi connectivity index (χ1n) is 5.61. The fraction of sp³-hybridized carbons (Fsp3) is 0.636. The van der Waals surface area contributed by atoms with Gasteiger partial charge in [0.25, 0.3) is 0 Å². The average molecular weight is 305 g/mol. The van der Waals surface area contributed by atoms with Gasteiger partial charge in [0.1, 0.15) is 12.1 Å². The van der Waals surface area contributed by atoms with Crippen LogP contribution in [0.4, 0.5) is 5.82 Å². The average Bonchev–Trinajstić information content (AvgIpc) is 2.75. The van der Waals surface area contributed by atoms with Gasteiger partial charge < -0.3 is 4.90 Å². The molecule has 0 spiro atoms. The maximum absolute atomic E-state index is 5.75. The molecule has 2 rings (SSSR count). The minimum absolute atomic E-state index is 0.588. The third-order valence-electron chi connectivity index (χ3n) is 2.97. The van der Waals surface area contributed by atoms with Gasteiger partial charge in [-0.1, -0.05) is 0 Å². The Bertz CT molecular complexity index is 348. The highest BCUT2D eigenvalue weighted by Crippen LogP contribution is 2.31. The topological polar surface area (TPSA) is 29.0 Å². The molecule has 0 aliphatic carbocycles. The van der Waals surface area contributed by atoms with Crippen LogP contribution in [0.25, 0.3) is 0 Å². The molecule has 3 nitrogen and oxygen atoms in total. The second-order valence-corrected chi connectivity index (χ2v) is 5.25. The van der Waals surface area contributed by atoms with Gasteiger partial charge in [-0.25, -0.2) is 9.97 Å². The van der Waals surface area contributed by atoms with E-state index in [0.29, 0.717) is 6.04 Å². The fourth-order valence-electron chi connectivity index (χ4n) is 2.24. The van der Waals surface area contributed by atoms with Crippen LogP contribution in [-0.2, 0) is 0 Å². The minimum atomic E-state index is 0.588. The van der Waals surface area contributed by atoms with Crippen LogP contribution in [-0.4, -0.2) is 28.4 Å². The van der Waals surface area contributed by atoms with Gasteiger partial charge >= 0.3 is 0 Å². The van der Waals surface area contributed by atoms with Crippen molar-refractivity contribution in [3.05, 3.63) is 17.0 Å². The van der Waals surface area contributed by atoms with Crippen LogP contribution in [0.15, 0.2) is 17.0 Å². The van der Waals surface area contributed by atoms with Crippen molar-refractivity contribution in [1.82, 2.24) is 9.97 Å². The van der Waals surface area contributed by atoms with Crippen LogP contribution in [0.5, 0.6) is 0 Å². The number of nitrogens with zero attached hydrogens (tertiary/aromatic N) is 3. The summed E-state index contributed by atoms with van der Waals surface area (Å²) in [5.41, 5.74) is 0. The number of aromatic nitrogens is 2. The Morgan fingerprint density at radius 1 is 1.56 bits per heavy atom. The van der Waals surface area contributed by atoms with Crippen molar-refractivity contribution in [1.29, 1.82) is 0 Å². The van der Waals surface area contributed by atoms with E-state index in [9.17, 15) is 0 Å². The SMILES string of the molecule is ClCCCC1CCCN1c1ncncc1Br. The summed E-state index contributed by atoms with van der Waals surface area (Å²) in [7, 11) is 0. The normalized spacial score (nSPS) is 20.4. The van der Waals surface area contributed by atoms with E-state index >= 15 is 0 Å². The number of rotatable bonds is 4. The van der Waals surface area contributed by atoms with E-state index in [-0.39, 0.29) is 0 Å². The molecular weight excluding hydrogens is 289 g/mol. The van der Waals surface area contributed by atoms with E-state index in [1.807, 2.05) is 0 Å². The van der Waals surface area contributed by atoms with E-state index in [1.165, 1.54) is 12.8 Å². The molecule has 1 aromatic rings. The Morgan fingerprint density at radius 2 is 2.44 bits per heavy atom. The van der Waals surface area contributed by atoms with Crippen molar-refractivity contribution >= 4 is 33.3 Å². The summed E-state index contributed by atoms with van der Waals surface area (Å²) in [5.74, 6) is 1.77. The van der Waals surface area contributed by atoms with Gasteiger partial charge in [-0.15, -0.1) is 11.6 Å². The predicted octanol–water partition coefficient (Wildman–Crippen LogP) is 3.23. The molecule has 88 valence electrons. The molecule has 2 heterocycles. The van der Waals surface area contributed by atoms with Crippen molar-refractivity contribution in [3.63, 3.8) is 0 Å². The van der Waals surface area contributed by atoms with Crippen LogP contribution in [0, 0.1) is 0 Å². The molecule has 1 unspecified atom stereocenters. The lowest BCUT2D eigenvalue weighted by Crippen LogP contribution is -2.30. The Labute approximate surface area is 109 Å². The number of anilines is 1. The van der Waals surface area contributed by atoms with Crippen molar-refractivity contribution < 1.29 is 0 Å². The first-order valence-corrected chi connectivity index (χ1v) is 6.94. The molecule has 5 heteroatoms. The van der Waals surface area contributed by atoms with Crippen LogP contribution >= 0.6 is 27.5 Å². The standard InChI is InChI=1S/C11H15BrClN3/c12-10-7-14-8-15-11(10)16-6-2-4-9(16)3-1-5-13/h7-9H,1-6H2. The van der Waals surface area contributed by atoms with Gasteiger partial charge in [0, 0.05) is 24.7 Å². The van der Waals surface area contributed by atoms with Crippen molar-refractivity contribution in [2.45, 2.75) is 31.7 Å². The lowest BCUT2D eigenvalue weighted by atomic mass is 10.1. The maximum atomic E-state index is 5.75. The van der Waals surface area contributed by atoms with Crippen LogP contribution < -0.4 is 4.90 Å². The lowest BCUT2D eigenvalue weighted by Gasteiger charge is -2.26. The van der Waals surface area contributed by atoms with Crippen LogP contribution in [0.2, 0.25) is 0 Å². The van der Waals surface area contributed by atoms with E-state index in [2.05, 4.69) is 30.8 Å². The summed E-state index contributed by atoms with van der Waals surface area (Å²) in [5, 5.41) is 0. The Kier molecular flexibility index (Phi) is 4.41. The molecule has 0 N–H and O–H groups in total. The van der Waals surface area contributed by atoms with Gasteiger partial charge in [-0.2, -0.15) is 0 Å². The number of alkyl halides is 1. The van der Waals surface area contributed by atoms with Crippen molar-refractivity contribution in [2.75, 3.05) is 17.3 Å². The highest BCUT2D eigenvalue weighted by atomic mass is 79.9. The quantitative estimate of drug-likeness (QED) is 0.800. The van der Waals surface area contributed by atoms with Gasteiger partial charge in [0.15, 0.2) is 0 Å². The number of halogens is 2. The fourth-order valence-corrected chi connectivity index (χ4v) is 2.85. The lowest BCUT2D eigenvalue weighted by molar-refractivity contribution is 0.597. The van der Waals surface area contributed by atoms with Gasteiger partial charge in [-0.05, 0) is 41.6 Å². The number of hydrogen-bond acceptors (Lipinski definition) is 3. The smallest absolute Gasteiger partial charge is 0.146 e. The molecule has 0 aromatic carbocycles. The minimum Gasteiger partial charge on any atom is -0.353 e. The van der Waals surface area contributed by atoms with Crippen molar-refractivity contribution in [3.8, 4) is 0 Å². The first kappa shape index (κ1) is 12.1. The summed E-state index contributed by atoms with van der Waals surface area (Å²) in [4.78, 5) is 10.7. The zero-order chi connectivity index (χ0) is 11.4.